The molecule has 0 atom stereocenters. The van der Waals surface area contributed by atoms with Crippen molar-refractivity contribution in [3.63, 3.8) is 0 Å². The third-order valence-electron chi connectivity index (χ3n) is 3.11. The van der Waals surface area contributed by atoms with Gasteiger partial charge in [0.25, 0.3) is 0 Å². The molecule has 2 aromatic carbocycles. The van der Waals surface area contributed by atoms with Gasteiger partial charge in [0.2, 0.25) is 5.43 Å². The molecule has 3 aromatic rings. The van der Waals surface area contributed by atoms with Crippen LogP contribution in [0.25, 0.3) is 10.9 Å². The van der Waals surface area contributed by atoms with Crippen LogP contribution in [0.3, 0.4) is 0 Å². The minimum Gasteiger partial charge on any atom is -0.287 e. The van der Waals surface area contributed by atoms with Crippen LogP contribution >= 0.6 is 0 Å². The van der Waals surface area contributed by atoms with Crippen molar-refractivity contribution in [1.82, 2.24) is 9.78 Å². The van der Waals surface area contributed by atoms with Gasteiger partial charge in [-0.15, -0.1) is 0 Å². The van der Waals surface area contributed by atoms with E-state index in [4.69, 9.17) is 0 Å². The highest BCUT2D eigenvalue weighted by Crippen LogP contribution is 2.15. The molecule has 100 valence electrons. The Morgan fingerprint density at radius 2 is 1.85 bits per heavy atom. The Hall–Kier alpha value is -2.56. The van der Waals surface area contributed by atoms with Crippen molar-refractivity contribution in [3.8, 4) is 0 Å². The molecule has 3 nitrogen and oxygen atoms in total. The van der Waals surface area contributed by atoms with Gasteiger partial charge in [-0.1, -0.05) is 24.3 Å². The maximum atomic E-state index is 13.7. The molecular weight excluding hydrogens is 262 g/mol. The topological polar surface area (TPSA) is 34.9 Å². The van der Waals surface area contributed by atoms with Crippen molar-refractivity contribution in [2.45, 2.75) is 6.54 Å². The zero-order valence-electron chi connectivity index (χ0n) is 10.4. The van der Waals surface area contributed by atoms with Gasteiger partial charge in [-0.05, 0) is 18.2 Å². The molecule has 0 radical (unpaired) electrons. The first-order chi connectivity index (χ1) is 9.66. The zero-order chi connectivity index (χ0) is 14.1. The summed E-state index contributed by atoms with van der Waals surface area (Å²) in [6, 6.07) is 10.9. The van der Waals surface area contributed by atoms with Crippen molar-refractivity contribution < 1.29 is 8.78 Å². The van der Waals surface area contributed by atoms with Gasteiger partial charge in [0.05, 0.1) is 18.3 Å². The van der Waals surface area contributed by atoms with E-state index >= 15 is 0 Å². The summed E-state index contributed by atoms with van der Waals surface area (Å²) < 4.78 is 28.4. The van der Waals surface area contributed by atoms with Crippen LogP contribution in [0.5, 0.6) is 0 Å². The predicted molar refractivity (Wildman–Crippen MR) is 71.5 cm³/mol. The Balaban J connectivity index is 2.14. The summed E-state index contributed by atoms with van der Waals surface area (Å²) in [5, 5.41) is 4.49. The molecule has 0 spiro atoms. The number of para-hydroxylation sites is 1. The highest BCUT2D eigenvalue weighted by Gasteiger charge is 2.10. The second-order valence-electron chi connectivity index (χ2n) is 4.40. The molecule has 1 aromatic heterocycles. The van der Waals surface area contributed by atoms with Gasteiger partial charge in [-0.25, -0.2) is 8.78 Å². The lowest BCUT2D eigenvalue weighted by molar-refractivity contribution is 0.492. The van der Waals surface area contributed by atoms with Crippen molar-refractivity contribution >= 4 is 10.9 Å². The fraction of sp³-hybridized carbons (Fsp3) is 0.0667. The second kappa shape index (κ2) is 4.85. The molecular formula is C15H10F2N2O. The monoisotopic (exact) mass is 272 g/mol. The molecule has 0 saturated heterocycles. The number of hydrogen-bond donors (Lipinski definition) is 0. The van der Waals surface area contributed by atoms with Gasteiger partial charge < -0.3 is 0 Å². The summed E-state index contributed by atoms with van der Waals surface area (Å²) >= 11 is 0. The molecule has 5 heteroatoms. The number of nitrogens with zero attached hydrogens (tertiary/aromatic N) is 2. The molecule has 0 aliphatic heterocycles. The molecule has 0 aliphatic carbocycles. The molecule has 0 aliphatic rings. The zero-order valence-corrected chi connectivity index (χ0v) is 10.4. The largest absolute Gasteiger partial charge is 0.287 e. The quantitative estimate of drug-likeness (QED) is 0.719. The average Bonchev–Trinajstić information content (AvgIpc) is 2.47. The normalized spacial score (nSPS) is 10.9. The van der Waals surface area contributed by atoms with Gasteiger partial charge in [-0.2, -0.15) is 5.10 Å². The minimum absolute atomic E-state index is 0.0599. The summed E-state index contributed by atoms with van der Waals surface area (Å²) in [6.07, 6.45) is 1.18. The van der Waals surface area contributed by atoms with E-state index in [1.807, 2.05) is 0 Å². The summed E-state index contributed by atoms with van der Waals surface area (Å²) in [6.45, 7) is 0.0599. The lowest BCUT2D eigenvalue weighted by Gasteiger charge is -2.10. The Labute approximate surface area is 113 Å². The van der Waals surface area contributed by atoms with Crippen LogP contribution in [0, 0.1) is 11.6 Å². The number of halogens is 2. The number of benzene rings is 2. The molecule has 1 heterocycles. The lowest BCUT2D eigenvalue weighted by Crippen LogP contribution is -2.13. The summed E-state index contributed by atoms with van der Waals surface area (Å²) in [5.41, 5.74) is 0.575. The van der Waals surface area contributed by atoms with E-state index < -0.39 is 11.6 Å². The first kappa shape index (κ1) is 12.5. The van der Waals surface area contributed by atoms with Crippen LogP contribution < -0.4 is 5.43 Å². The van der Waals surface area contributed by atoms with Crippen LogP contribution in [-0.2, 0) is 6.54 Å². The van der Waals surface area contributed by atoms with Gasteiger partial charge in [0.15, 0.2) is 11.6 Å². The van der Waals surface area contributed by atoms with Crippen molar-refractivity contribution in [1.29, 1.82) is 0 Å². The predicted octanol–water partition coefficient (Wildman–Crippen LogP) is 2.72. The van der Waals surface area contributed by atoms with E-state index in [2.05, 4.69) is 5.10 Å². The Kier molecular flexibility index (Phi) is 3.02. The maximum absolute atomic E-state index is 13.7. The smallest absolute Gasteiger partial charge is 0.207 e. The molecule has 0 bridgehead atoms. The van der Waals surface area contributed by atoms with Crippen LogP contribution in [0.2, 0.25) is 0 Å². The van der Waals surface area contributed by atoms with E-state index in [0.717, 1.165) is 6.07 Å². The third-order valence-corrected chi connectivity index (χ3v) is 3.11. The van der Waals surface area contributed by atoms with Crippen molar-refractivity contribution in [2.75, 3.05) is 0 Å². The molecule has 0 fully saturated rings. The summed E-state index contributed by atoms with van der Waals surface area (Å²) in [7, 11) is 0. The lowest BCUT2D eigenvalue weighted by atomic mass is 10.2. The summed E-state index contributed by atoms with van der Waals surface area (Å²) in [5.74, 6) is -1.79. The van der Waals surface area contributed by atoms with E-state index in [1.165, 1.54) is 23.0 Å². The summed E-state index contributed by atoms with van der Waals surface area (Å²) in [4.78, 5) is 11.7. The third kappa shape index (κ3) is 2.07. The Bertz CT molecular complexity index is 843. The van der Waals surface area contributed by atoms with Crippen LogP contribution in [0.15, 0.2) is 53.5 Å². The second-order valence-corrected chi connectivity index (χ2v) is 4.40. The first-order valence-electron chi connectivity index (χ1n) is 6.04. The standard InChI is InChI=1S/C15H10F2N2O/c16-12-6-3-4-10(15(12)17)9-19-13-7-2-1-5-11(13)14(20)8-18-19/h1-8H,9H2. The first-order valence-corrected chi connectivity index (χ1v) is 6.04. The maximum Gasteiger partial charge on any atom is 0.207 e. The van der Waals surface area contributed by atoms with Gasteiger partial charge >= 0.3 is 0 Å². The number of aromatic nitrogens is 2. The van der Waals surface area contributed by atoms with E-state index in [0.29, 0.717) is 10.9 Å². The number of fused-ring (bicyclic) bond motifs is 1. The molecule has 0 amide bonds. The van der Waals surface area contributed by atoms with Crippen LogP contribution in [0.1, 0.15) is 5.56 Å². The van der Waals surface area contributed by atoms with Gasteiger partial charge in [-0.3, -0.25) is 9.48 Å². The van der Waals surface area contributed by atoms with E-state index in [1.54, 1.807) is 24.3 Å². The fourth-order valence-corrected chi connectivity index (χ4v) is 2.12. The Morgan fingerprint density at radius 1 is 1.05 bits per heavy atom. The SMILES string of the molecule is O=c1cnn(Cc2cccc(F)c2F)c2ccccc12. The molecule has 0 saturated carbocycles. The van der Waals surface area contributed by atoms with Crippen molar-refractivity contribution in [3.05, 3.63) is 76.1 Å². The Morgan fingerprint density at radius 3 is 2.70 bits per heavy atom. The molecule has 3 rings (SSSR count). The number of hydrogen-bond acceptors (Lipinski definition) is 2. The van der Waals surface area contributed by atoms with Gasteiger partial charge in [0, 0.05) is 10.9 Å². The van der Waals surface area contributed by atoms with Gasteiger partial charge in [0.1, 0.15) is 0 Å². The molecule has 0 unspecified atom stereocenters. The van der Waals surface area contributed by atoms with Crippen LogP contribution in [-0.4, -0.2) is 9.78 Å². The fourth-order valence-electron chi connectivity index (χ4n) is 2.12. The molecule has 20 heavy (non-hydrogen) atoms. The molecule has 0 N–H and O–H groups in total. The van der Waals surface area contributed by atoms with E-state index in [-0.39, 0.29) is 17.5 Å². The number of rotatable bonds is 2. The van der Waals surface area contributed by atoms with E-state index in [9.17, 15) is 13.6 Å². The average molecular weight is 272 g/mol. The van der Waals surface area contributed by atoms with Crippen molar-refractivity contribution in [2.24, 2.45) is 0 Å². The van der Waals surface area contributed by atoms with Crippen LogP contribution in [0.4, 0.5) is 8.78 Å². The highest BCUT2D eigenvalue weighted by atomic mass is 19.2. The highest BCUT2D eigenvalue weighted by molar-refractivity contribution is 5.77. The minimum atomic E-state index is -0.896.